The van der Waals surface area contributed by atoms with E-state index in [-0.39, 0.29) is 0 Å². The van der Waals surface area contributed by atoms with Crippen LogP contribution in [0.5, 0.6) is 0 Å². The summed E-state index contributed by atoms with van der Waals surface area (Å²) in [5.41, 5.74) is 0.615. The van der Waals surface area contributed by atoms with Crippen LogP contribution in [0.2, 0.25) is 0 Å². The lowest BCUT2D eigenvalue weighted by Crippen LogP contribution is -2.25. The summed E-state index contributed by atoms with van der Waals surface area (Å²) in [5, 5.41) is 0. The van der Waals surface area contributed by atoms with Gasteiger partial charge in [-0.15, -0.1) is 0 Å². The molecule has 13 heavy (non-hydrogen) atoms. The minimum absolute atomic E-state index is 0.615. The molecule has 3 unspecified atom stereocenters. The third-order valence-electron chi connectivity index (χ3n) is 3.94. The second kappa shape index (κ2) is 4.00. The highest BCUT2D eigenvalue weighted by Gasteiger charge is 2.45. The normalized spacial score (nSPS) is 31.8. The highest BCUT2D eigenvalue weighted by atomic mass is 15.0. The fourth-order valence-electron chi connectivity index (χ4n) is 2.40. The van der Waals surface area contributed by atoms with Crippen molar-refractivity contribution in [2.75, 3.05) is 20.6 Å². The molecule has 1 saturated carbocycles. The lowest BCUT2D eigenvalue weighted by atomic mass is 9.78. The Morgan fingerprint density at radius 1 is 1.38 bits per heavy atom. The first-order valence-corrected chi connectivity index (χ1v) is 5.64. The summed E-state index contributed by atoms with van der Waals surface area (Å²) in [6, 6.07) is 0. The van der Waals surface area contributed by atoms with Crippen LogP contribution >= 0.6 is 0 Å². The van der Waals surface area contributed by atoms with Gasteiger partial charge in [-0.1, -0.05) is 27.2 Å². The molecule has 0 heterocycles. The maximum Gasteiger partial charge on any atom is -0.00195 e. The van der Waals surface area contributed by atoms with Gasteiger partial charge in [-0.2, -0.15) is 0 Å². The number of rotatable bonds is 5. The van der Waals surface area contributed by atoms with Crippen LogP contribution in [0.1, 0.15) is 40.0 Å². The van der Waals surface area contributed by atoms with E-state index >= 15 is 0 Å². The summed E-state index contributed by atoms with van der Waals surface area (Å²) in [5.74, 6) is 2.00. The third kappa shape index (κ3) is 2.70. The summed E-state index contributed by atoms with van der Waals surface area (Å²) in [7, 11) is 4.35. The molecular weight excluding hydrogens is 158 g/mol. The Bertz CT molecular complexity index is 165. The maximum atomic E-state index is 2.48. The van der Waals surface area contributed by atoms with E-state index in [4.69, 9.17) is 0 Å². The van der Waals surface area contributed by atoms with Crippen molar-refractivity contribution in [2.45, 2.75) is 40.0 Å². The molecular formula is C12H25N. The van der Waals surface area contributed by atoms with E-state index in [1.54, 1.807) is 0 Å². The minimum atomic E-state index is 0.615. The Morgan fingerprint density at radius 3 is 2.23 bits per heavy atom. The largest absolute Gasteiger partial charge is 0.309 e. The number of nitrogens with zero attached hydrogens (tertiary/aromatic N) is 1. The van der Waals surface area contributed by atoms with Crippen molar-refractivity contribution < 1.29 is 0 Å². The summed E-state index contributed by atoms with van der Waals surface area (Å²) < 4.78 is 0. The first-order valence-electron chi connectivity index (χ1n) is 5.64. The van der Waals surface area contributed by atoms with Crippen LogP contribution in [-0.4, -0.2) is 25.5 Å². The van der Waals surface area contributed by atoms with Crippen molar-refractivity contribution in [3.8, 4) is 0 Å². The van der Waals surface area contributed by atoms with Gasteiger partial charge in [0.2, 0.25) is 0 Å². The zero-order valence-electron chi connectivity index (χ0n) is 9.93. The van der Waals surface area contributed by atoms with Gasteiger partial charge < -0.3 is 4.90 Å². The van der Waals surface area contributed by atoms with Crippen molar-refractivity contribution in [1.29, 1.82) is 0 Å². The molecule has 1 rings (SSSR count). The van der Waals surface area contributed by atoms with Crippen LogP contribution in [0.25, 0.3) is 0 Å². The van der Waals surface area contributed by atoms with Crippen LogP contribution in [0.3, 0.4) is 0 Å². The first-order chi connectivity index (χ1) is 5.99. The fraction of sp³-hybridized carbons (Fsp3) is 1.00. The monoisotopic (exact) mass is 183 g/mol. The van der Waals surface area contributed by atoms with Crippen LogP contribution in [0.4, 0.5) is 0 Å². The molecule has 0 bridgehead atoms. The van der Waals surface area contributed by atoms with E-state index in [9.17, 15) is 0 Å². The van der Waals surface area contributed by atoms with E-state index in [2.05, 4.69) is 39.8 Å². The van der Waals surface area contributed by atoms with Gasteiger partial charge in [-0.25, -0.2) is 0 Å². The van der Waals surface area contributed by atoms with E-state index in [0.29, 0.717) is 5.41 Å². The average Bonchev–Trinajstić information content (AvgIpc) is 2.79. The number of hydrogen-bond donors (Lipinski definition) is 0. The molecule has 78 valence electrons. The lowest BCUT2D eigenvalue weighted by Gasteiger charge is -2.30. The summed E-state index contributed by atoms with van der Waals surface area (Å²) in [4.78, 5) is 2.31. The SMILES string of the molecule is CCC(C)(CCN(C)C)C1CC1C. The standard InChI is InChI=1S/C12H25N/c1-6-12(3,7-8-13(4)5)11-9-10(11)2/h10-11H,6-9H2,1-5H3. The molecule has 1 nitrogen and oxygen atoms in total. The van der Waals surface area contributed by atoms with Crippen LogP contribution in [-0.2, 0) is 0 Å². The summed E-state index contributed by atoms with van der Waals surface area (Å²) >= 11 is 0. The topological polar surface area (TPSA) is 3.24 Å². The highest BCUT2D eigenvalue weighted by molar-refractivity contribution is 4.95. The minimum Gasteiger partial charge on any atom is -0.309 e. The van der Waals surface area contributed by atoms with Crippen molar-refractivity contribution in [3.05, 3.63) is 0 Å². The molecule has 0 radical (unpaired) electrons. The molecule has 3 atom stereocenters. The van der Waals surface area contributed by atoms with Crippen molar-refractivity contribution in [2.24, 2.45) is 17.3 Å². The van der Waals surface area contributed by atoms with Crippen LogP contribution < -0.4 is 0 Å². The van der Waals surface area contributed by atoms with Gasteiger partial charge in [0.1, 0.15) is 0 Å². The molecule has 1 aliphatic carbocycles. The molecule has 0 aliphatic heterocycles. The maximum absolute atomic E-state index is 2.48. The molecule has 0 amide bonds. The summed E-state index contributed by atoms with van der Waals surface area (Å²) in [6.07, 6.45) is 4.18. The Kier molecular flexibility index (Phi) is 3.39. The number of hydrogen-bond acceptors (Lipinski definition) is 1. The Morgan fingerprint density at radius 2 is 1.92 bits per heavy atom. The van der Waals surface area contributed by atoms with Gasteiger partial charge in [-0.3, -0.25) is 0 Å². The van der Waals surface area contributed by atoms with E-state index in [1.165, 1.54) is 25.8 Å². The molecule has 1 fully saturated rings. The van der Waals surface area contributed by atoms with Crippen molar-refractivity contribution in [1.82, 2.24) is 4.90 Å². The van der Waals surface area contributed by atoms with Gasteiger partial charge in [0.25, 0.3) is 0 Å². The quantitative estimate of drug-likeness (QED) is 0.633. The zero-order chi connectivity index (χ0) is 10.1. The molecule has 0 aromatic carbocycles. The van der Waals surface area contributed by atoms with Gasteiger partial charge >= 0.3 is 0 Å². The van der Waals surface area contributed by atoms with Crippen molar-refractivity contribution in [3.63, 3.8) is 0 Å². The van der Waals surface area contributed by atoms with Crippen LogP contribution in [0.15, 0.2) is 0 Å². The molecule has 0 spiro atoms. The van der Waals surface area contributed by atoms with Gasteiger partial charge in [0.05, 0.1) is 0 Å². The predicted molar refractivity (Wildman–Crippen MR) is 58.8 cm³/mol. The molecule has 1 aliphatic rings. The smallest absolute Gasteiger partial charge is 0.00195 e. The van der Waals surface area contributed by atoms with E-state index in [1.807, 2.05) is 0 Å². The third-order valence-corrected chi connectivity index (χ3v) is 3.94. The zero-order valence-corrected chi connectivity index (χ0v) is 9.93. The van der Waals surface area contributed by atoms with Gasteiger partial charge in [0.15, 0.2) is 0 Å². The molecule has 0 N–H and O–H groups in total. The first kappa shape index (κ1) is 11.0. The van der Waals surface area contributed by atoms with Crippen molar-refractivity contribution >= 4 is 0 Å². The summed E-state index contributed by atoms with van der Waals surface area (Å²) in [6.45, 7) is 8.47. The Balaban J connectivity index is 2.40. The lowest BCUT2D eigenvalue weighted by molar-refractivity contribution is 0.199. The van der Waals surface area contributed by atoms with E-state index in [0.717, 1.165) is 11.8 Å². The fourth-order valence-corrected chi connectivity index (χ4v) is 2.40. The second-order valence-corrected chi connectivity index (χ2v) is 5.38. The van der Waals surface area contributed by atoms with Gasteiger partial charge in [-0.05, 0) is 50.7 Å². The Hall–Kier alpha value is -0.0400. The highest BCUT2D eigenvalue weighted by Crippen LogP contribution is 2.53. The molecule has 1 heteroatoms. The van der Waals surface area contributed by atoms with Crippen LogP contribution in [0, 0.1) is 17.3 Å². The predicted octanol–water partition coefficient (Wildman–Crippen LogP) is 3.01. The average molecular weight is 183 g/mol. The Labute approximate surface area is 83.5 Å². The second-order valence-electron chi connectivity index (χ2n) is 5.38. The van der Waals surface area contributed by atoms with Gasteiger partial charge in [0, 0.05) is 0 Å². The molecule has 0 aromatic heterocycles. The van der Waals surface area contributed by atoms with E-state index < -0.39 is 0 Å². The molecule has 0 saturated heterocycles. The molecule has 0 aromatic rings.